The van der Waals surface area contributed by atoms with Gasteiger partial charge in [0.25, 0.3) is 0 Å². The van der Waals surface area contributed by atoms with Crippen LogP contribution in [0.15, 0.2) is 5.38 Å². The Morgan fingerprint density at radius 1 is 1.56 bits per heavy atom. The molecule has 1 rings (SSSR count). The summed E-state index contributed by atoms with van der Waals surface area (Å²) in [5.74, 6) is 0.929. The molecule has 104 valence electrons. The lowest BCUT2D eigenvalue weighted by Gasteiger charge is -2.07. The minimum Gasteiger partial charge on any atom is -0.365 e. The molecular formula is C10H15F3N2OS2. The van der Waals surface area contributed by atoms with Gasteiger partial charge in [-0.2, -0.15) is 24.9 Å². The third kappa shape index (κ3) is 6.03. The summed E-state index contributed by atoms with van der Waals surface area (Å²) in [6, 6.07) is -0.162. The molecule has 0 radical (unpaired) electrons. The molecule has 0 aromatic carbocycles. The van der Waals surface area contributed by atoms with Gasteiger partial charge < -0.3 is 10.5 Å². The lowest BCUT2D eigenvalue weighted by molar-refractivity contribution is -0.176. The van der Waals surface area contributed by atoms with E-state index in [9.17, 15) is 13.2 Å². The van der Waals surface area contributed by atoms with Gasteiger partial charge in [-0.3, -0.25) is 0 Å². The predicted octanol–water partition coefficient (Wildman–Crippen LogP) is 2.97. The molecule has 2 N–H and O–H groups in total. The molecule has 1 atom stereocenters. The van der Waals surface area contributed by atoms with Gasteiger partial charge in [0.05, 0.1) is 12.3 Å². The minimum atomic E-state index is -4.30. The van der Waals surface area contributed by atoms with Gasteiger partial charge in [-0.15, -0.1) is 11.3 Å². The van der Waals surface area contributed by atoms with Crippen LogP contribution in [0.2, 0.25) is 0 Å². The summed E-state index contributed by atoms with van der Waals surface area (Å²) in [7, 11) is 0. The fraction of sp³-hybridized carbons (Fsp3) is 0.700. The first-order valence-electron chi connectivity index (χ1n) is 5.25. The van der Waals surface area contributed by atoms with Gasteiger partial charge in [-0.1, -0.05) is 0 Å². The first-order chi connectivity index (χ1) is 8.42. The molecule has 1 aromatic heterocycles. The van der Waals surface area contributed by atoms with E-state index in [-0.39, 0.29) is 12.6 Å². The largest absolute Gasteiger partial charge is 0.411 e. The Hall–Kier alpha value is -0.310. The van der Waals surface area contributed by atoms with Crippen LogP contribution >= 0.6 is 23.1 Å². The van der Waals surface area contributed by atoms with Gasteiger partial charge in [0, 0.05) is 11.4 Å². The zero-order valence-corrected chi connectivity index (χ0v) is 11.5. The Bertz CT molecular complexity index is 357. The highest BCUT2D eigenvalue weighted by Crippen LogP contribution is 2.20. The van der Waals surface area contributed by atoms with Crippen LogP contribution in [0.4, 0.5) is 13.2 Å². The second kappa shape index (κ2) is 7.32. The molecule has 0 saturated heterocycles. The van der Waals surface area contributed by atoms with Crippen molar-refractivity contribution in [3.8, 4) is 0 Å². The molecule has 18 heavy (non-hydrogen) atoms. The van der Waals surface area contributed by atoms with E-state index in [4.69, 9.17) is 5.73 Å². The molecule has 8 heteroatoms. The maximum absolute atomic E-state index is 11.9. The molecular weight excluding hydrogens is 285 g/mol. The van der Waals surface area contributed by atoms with E-state index in [1.54, 1.807) is 17.1 Å². The maximum atomic E-state index is 11.9. The van der Waals surface area contributed by atoms with E-state index in [0.29, 0.717) is 5.01 Å². The van der Waals surface area contributed by atoms with Crippen LogP contribution in [0.3, 0.4) is 0 Å². The second-order valence-corrected chi connectivity index (χ2v) is 5.59. The van der Waals surface area contributed by atoms with Crippen molar-refractivity contribution in [1.82, 2.24) is 4.98 Å². The molecule has 1 heterocycles. The quantitative estimate of drug-likeness (QED) is 0.841. The predicted molar refractivity (Wildman–Crippen MR) is 67.8 cm³/mol. The Balaban J connectivity index is 2.38. The fourth-order valence-electron chi connectivity index (χ4n) is 1.21. The van der Waals surface area contributed by atoms with Gasteiger partial charge >= 0.3 is 6.18 Å². The molecule has 0 aliphatic heterocycles. The van der Waals surface area contributed by atoms with Crippen molar-refractivity contribution in [3.05, 3.63) is 16.1 Å². The molecule has 0 aliphatic rings. The topological polar surface area (TPSA) is 48.1 Å². The lowest BCUT2D eigenvalue weighted by Crippen LogP contribution is -2.16. The van der Waals surface area contributed by atoms with Crippen molar-refractivity contribution < 1.29 is 17.9 Å². The van der Waals surface area contributed by atoms with E-state index in [0.717, 1.165) is 17.9 Å². The molecule has 0 saturated carbocycles. The molecule has 1 unspecified atom stereocenters. The van der Waals surface area contributed by atoms with Crippen LogP contribution in [0.5, 0.6) is 0 Å². The first-order valence-corrected chi connectivity index (χ1v) is 7.53. The van der Waals surface area contributed by atoms with Gasteiger partial charge in [0.1, 0.15) is 11.6 Å². The highest BCUT2D eigenvalue weighted by atomic mass is 32.2. The summed E-state index contributed by atoms with van der Waals surface area (Å²) in [5.41, 5.74) is 6.62. The number of nitrogens with zero attached hydrogens (tertiary/aromatic N) is 1. The first kappa shape index (κ1) is 15.7. The standard InChI is InChI=1S/C10H15F3N2OS2/c1-17-3-2-7(14)8-5-18-9(15-8)4-16-6-10(11,12)13/h5,7H,2-4,6,14H2,1H3. The average molecular weight is 300 g/mol. The van der Waals surface area contributed by atoms with Gasteiger partial charge in [-0.25, -0.2) is 4.98 Å². The van der Waals surface area contributed by atoms with E-state index < -0.39 is 12.8 Å². The highest BCUT2D eigenvalue weighted by Gasteiger charge is 2.27. The van der Waals surface area contributed by atoms with Crippen LogP contribution in [0.1, 0.15) is 23.2 Å². The SMILES string of the molecule is CSCCC(N)c1csc(COCC(F)(F)F)n1. The van der Waals surface area contributed by atoms with E-state index in [1.165, 1.54) is 11.3 Å². The molecule has 0 amide bonds. The molecule has 0 spiro atoms. The van der Waals surface area contributed by atoms with E-state index >= 15 is 0 Å². The van der Waals surface area contributed by atoms with Crippen LogP contribution in [-0.4, -0.2) is 29.8 Å². The van der Waals surface area contributed by atoms with Gasteiger partial charge in [-0.05, 0) is 18.4 Å². The summed E-state index contributed by atoms with van der Waals surface area (Å²) in [4.78, 5) is 4.17. The van der Waals surface area contributed by atoms with Crippen molar-refractivity contribution in [2.45, 2.75) is 25.2 Å². The normalized spacial score (nSPS) is 13.8. The number of hydrogen-bond acceptors (Lipinski definition) is 5. The highest BCUT2D eigenvalue weighted by molar-refractivity contribution is 7.98. The number of thiazole rings is 1. The summed E-state index contributed by atoms with van der Waals surface area (Å²) < 4.78 is 40.1. The zero-order valence-electron chi connectivity index (χ0n) is 9.87. The van der Waals surface area contributed by atoms with Crippen LogP contribution in [-0.2, 0) is 11.3 Å². The van der Waals surface area contributed by atoms with Crippen molar-refractivity contribution in [2.75, 3.05) is 18.6 Å². The number of nitrogens with two attached hydrogens (primary N) is 1. The third-order valence-corrected chi connectivity index (χ3v) is 3.56. The molecule has 3 nitrogen and oxygen atoms in total. The Morgan fingerprint density at radius 2 is 2.28 bits per heavy atom. The van der Waals surface area contributed by atoms with Crippen LogP contribution < -0.4 is 5.73 Å². The fourth-order valence-corrected chi connectivity index (χ4v) is 2.49. The number of halogens is 3. The Kier molecular flexibility index (Phi) is 6.40. The lowest BCUT2D eigenvalue weighted by atomic mass is 10.2. The third-order valence-electron chi connectivity index (χ3n) is 2.07. The maximum Gasteiger partial charge on any atom is 0.411 e. The van der Waals surface area contributed by atoms with E-state index in [2.05, 4.69) is 9.72 Å². The summed E-state index contributed by atoms with van der Waals surface area (Å²) in [6.45, 7) is -1.38. The van der Waals surface area contributed by atoms with Crippen LogP contribution in [0.25, 0.3) is 0 Å². The van der Waals surface area contributed by atoms with Crippen molar-refractivity contribution in [1.29, 1.82) is 0 Å². The number of thioether (sulfide) groups is 1. The molecule has 1 aromatic rings. The summed E-state index contributed by atoms with van der Waals surface area (Å²) in [5, 5.41) is 2.30. The van der Waals surface area contributed by atoms with Crippen molar-refractivity contribution >= 4 is 23.1 Å². The second-order valence-electron chi connectivity index (χ2n) is 3.66. The van der Waals surface area contributed by atoms with Crippen molar-refractivity contribution in [3.63, 3.8) is 0 Å². The number of aromatic nitrogens is 1. The Morgan fingerprint density at radius 3 is 2.89 bits per heavy atom. The summed E-state index contributed by atoms with van der Waals surface area (Å²) in [6.07, 6.45) is -1.51. The molecule has 0 bridgehead atoms. The summed E-state index contributed by atoms with van der Waals surface area (Å²) >= 11 is 2.97. The number of ether oxygens (including phenoxy) is 1. The van der Waals surface area contributed by atoms with Crippen molar-refractivity contribution in [2.24, 2.45) is 5.73 Å². The molecule has 0 aliphatic carbocycles. The monoisotopic (exact) mass is 300 g/mol. The van der Waals surface area contributed by atoms with E-state index in [1.807, 2.05) is 6.26 Å². The van der Waals surface area contributed by atoms with Crippen LogP contribution in [0, 0.1) is 0 Å². The average Bonchev–Trinajstić information content (AvgIpc) is 2.73. The number of rotatable bonds is 7. The smallest absolute Gasteiger partial charge is 0.365 e. The van der Waals surface area contributed by atoms with Gasteiger partial charge in [0.15, 0.2) is 0 Å². The zero-order chi connectivity index (χ0) is 13.6. The Labute approximate surface area is 112 Å². The minimum absolute atomic E-state index is 0.126. The number of alkyl halides is 3. The van der Waals surface area contributed by atoms with Gasteiger partial charge in [0.2, 0.25) is 0 Å². The number of hydrogen-bond donors (Lipinski definition) is 1. The molecule has 0 fully saturated rings.